The molecule has 3 aromatic rings. The number of aryl methyl sites for hydroxylation is 1. The van der Waals surface area contributed by atoms with Crippen LogP contribution in [0.1, 0.15) is 31.2 Å². The van der Waals surface area contributed by atoms with Crippen LogP contribution >= 0.6 is 23.1 Å². The van der Waals surface area contributed by atoms with Gasteiger partial charge >= 0.3 is 0 Å². The second-order valence-electron chi connectivity index (χ2n) is 7.64. The fraction of sp³-hybridized carbons (Fsp3) is 0.391. The van der Waals surface area contributed by atoms with E-state index in [4.69, 9.17) is 4.74 Å². The van der Waals surface area contributed by atoms with Crippen LogP contribution in [-0.2, 0) is 9.53 Å². The fourth-order valence-corrected chi connectivity index (χ4v) is 5.41. The molecule has 4 rings (SSSR count). The van der Waals surface area contributed by atoms with Gasteiger partial charge in [-0.25, -0.2) is 13.8 Å². The van der Waals surface area contributed by atoms with Gasteiger partial charge in [-0.2, -0.15) is 0 Å². The highest BCUT2D eigenvalue weighted by Crippen LogP contribution is 2.32. The lowest BCUT2D eigenvalue weighted by Crippen LogP contribution is -2.37. The van der Waals surface area contributed by atoms with Crippen molar-refractivity contribution in [2.24, 2.45) is 0 Å². The molecule has 31 heavy (non-hydrogen) atoms. The molecule has 1 aliphatic heterocycles. The number of amides is 1. The van der Waals surface area contributed by atoms with Gasteiger partial charge in [-0.05, 0) is 50.1 Å². The topological polar surface area (TPSA) is 42.4 Å². The summed E-state index contributed by atoms with van der Waals surface area (Å²) < 4.78 is 33.8. The van der Waals surface area contributed by atoms with Crippen molar-refractivity contribution >= 4 is 44.4 Å². The second kappa shape index (κ2) is 10.1. The average Bonchev–Trinajstić information content (AvgIpc) is 3.40. The van der Waals surface area contributed by atoms with E-state index in [0.29, 0.717) is 35.8 Å². The number of fused-ring (bicyclic) bond motifs is 1. The minimum Gasteiger partial charge on any atom is -0.376 e. The number of aromatic nitrogens is 1. The SMILES string of the molecule is Cc1ccc(SCCCC(=O)N(CC2CCCO2)c2nc3c(F)cc(F)cc3s2)cc1. The Kier molecular flexibility index (Phi) is 7.20. The molecular formula is C23H24F2N2O2S2. The summed E-state index contributed by atoms with van der Waals surface area (Å²) in [5.41, 5.74) is 1.32. The highest BCUT2D eigenvalue weighted by molar-refractivity contribution is 7.99. The number of carbonyl (C=O) groups excluding carboxylic acids is 1. The van der Waals surface area contributed by atoms with Gasteiger partial charge in [0, 0.05) is 24.0 Å². The first-order valence-electron chi connectivity index (χ1n) is 10.4. The van der Waals surface area contributed by atoms with Gasteiger partial charge in [0.05, 0.1) is 17.3 Å². The number of ether oxygens (including phenoxy) is 1. The van der Waals surface area contributed by atoms with Crippen molar-refractivity contribution in [2.45, 2.75) is 43.6 Å². The molecule has 8 heteroatoms. The summed E-state index contributed by atoms with van der Waals surface area (Å²) in [7, 11) is 0. The summed E-state index contributed by atoms with van der Waals surface area (Å²) >= 11 is 2.86. The Hall–Kier alpha value is -2.03. The quantitative estimate of drug-likeness (QED) is 0.306. The number of thiazole rings is 1. The third-order valence-electron chi connectivity index (χ3n) is 5.17. The molecule has 0 saturated carbocycles. The van der Waals surface area contributed by atoms with Gasteiger partial charge in [0.1, 0.15) is 11.3 Å². The molecule has 2 heterocycles. The number of nitrogens with zero attached hydrogens (tertiary/aromatic N) is 2. The lowest BCUT2D eigenvalue weighted by atomic mass is 10.2. The Morgan fingerprint density at radius 3 is 2.84 bits per heavy atom. The van der Waals surface area contributed by atoms with Crippen LogP contribution in [0, 0.1) is 18.6 Å². The van der Waals surface area contributed by atoms with E-state index in [0.717, 1.165) is 36.0 Å². The van der Waals surface area contributed by atoms with E-state index < -0.39 is 11.6 Å². The first-order valence-corrected chi connectivity index (χ1v) is 12.2. The lowest BCUT2D eigenvalue weighted by molar-refractivity contribution is -0.119. The minimum absolute atomic E-state index is 0.0560. The summed E-state index contributed by atoms with van der Waals surface area (Å²) in [4.78, 5) is 20.2. The van der Waals surface area contributed by atoms with E-state index in [2.05, 4.69) is 36.2 Å². The number of anilines is 1. The molecule has 0 aliphatic carbocycles. The zero-order valence-electron chi connectivity index (χ0n) is 17.3. The van der Waals surface area contributed by atoms with Crippen molar-refractivity contribution < 1.29 is 18.3 Å². The van der Waals surface area contributed by atoms with Crippen molar-refractivity contribution in [3.05, 3.63) is 53.6 Å². The molecule has 0 radical (unpaired) electrons. The second-order valence-corrected chi connectivity index (χ2v) is 9.81. The number of hydrogen-bond acceptors (Lipinski definition) is 5. The lowest BCUT2D eigenvalue weighted by Gasteiger charge is -2.23. The zero-order chi connectivity index (χ0) is 21.8. The van der Waals surface area contributed by atoms with Gasteiger partial charge in [0.2, 0.25) is 5.91 Å². The van der Waals surface area contributed by atoms with Crippen LogP contribution in [0.5, 0.6) is 0 Å². The number of thioether (sulfide) groups is 1. The molecule has 0 bridgehead atoms. The number of benzene rings is 2. The third kappa shape index (κ3) is 5.61. The summed E-state index contributed by atoms with van der Waals surface area (Å²) in [6.45, 7) is 3.12. The molecule has 1 unspecified atom stereocenters. The summed E-state index contributed by atoms with van der Waals surface area (Å²) in [6.07, 6.45) is 2.85. The van der Waals surface area contributed by atoms with Crippen LogP contribution in [0.4, 0.5) is 13.9 Å². The maximum atomic E-state index is 14.1. The van der Waals surface area contributed by atoms with Gasteiger partial charge in [-0.15, -0.1) is 11.8 Å². The molecule has 4 nitrogen and oxygen atoms in total. The van der Waals surface area contributed by atoms with Gasteiger partial charge in [-0.1, -0.05) is 29.0 Å². The van der Waals surface area contributed by atoms with E-state index in [1.165, 1.54) is 16.5 Å². The van der Waals surface area contributed by atoms with Crippen molar-refractivity contribution in [3.63, 3.8) is 0 Å². The molecular weight excluding hydrogens is 438 g/mol. The Morgan fingerprint density at radius 2 is 2.10 bits per heavy atom. The predicted molar refractivity (Wildman–Crippen MR) is 122 cm³/mol. The van der Waals surface area contributed by atoms with Gasteiger partial charge in [0.25, 0.3) is 0 Å². The third-order valence-corrected chi connectivity index (χ3v) is 7.29. The number of carbonyl (C=O) groups is 1. The normalized spacial score (nSPS) is 16.2. The van der Waals surface area contributed by atoms with E-state index in [1.54, 1.807) is 16.7 Å². The number of rotatable bonds is 8. The van der Waals surface area contributed by atoms with Crippen LogP contribution in [-0.4, -0.2) is 35.9 Å². The molecule has 1 amide bonds. The Morgan fingerprint density at radius 1 is 1.29 bits per heavy atom. The van der Waals surface area contributed by atoms with E-state index in [9.17, 15) is 13.6 Å². The van der Waals surface area contributed by atoms with Crippen LogP contribution in [0.15, 0.2) is 41.3 Å². The van der Waals surface area contributed by atoms with E-state index in [-0.39, 0.29) is 17.5 Å². The molecule has 2 aromatic carbocycles. The van der Waals surface area contributed by atoms with Crippen molar-refractivity contribution in [1.82, 2.24) is 4.98 Å². The van der Waals surface area contributed by atoms with Gasteiger partial charge in [0.15, 0.2) is 10.9 Å². The Labute approximate surface area is 188 Å². The highest BCUT2D eigenvalue weighted by atomic mass is 32.2. The molecule has 1 atom stereocenters. The van der Waals surface area contributed by atoms with E-state index in [1.807, 2.05) is 0 Å². The standard InChI is InChI=1S/C23H24F2N2O2S2/c1-15-6-8-18(9-7-15)30-11-3-5-21(28)27(14-17-4-2-10-29-17)23-26-22-19(25)12-16(24)13-20(22)31-23/h6-9,12-13,17H,2-5,10-11,14H2,1H3. The van der Waals surface area contributed by atoms with Crippen LogP contribution < -0.4 is 4.90 Å². The Balaban J connectivity index is 1.44. The molecule has 1 saturated heterocycles. The van der Waals surface area contributed by atoms with Crippen molar-refractivity contribution in [2.75, 3.05) is 23.8 Å². The van der Waals surface area contributed by atoms with Crippen molar-refractivity contribution in [3.8, 4) is 0 Å². The fourth-order valence-electron chi connectivity index (χ4n) is 3.52. The largest absolute Gasteiger partial charge is 0.376 e. The predicted octanol–water partition coefficient (Wildman–Crippen LogP) is 5.97. The molecule has 1 aliphatic rings. The summed E-state index contributed by atoms with van der Waals surface area (Å²) in [5, 5.41) is 0.395. The van der Waals surface area contributed by atoms with Gasteiger partial charge in [-0.3, -0.25) is 9.69 Å². The maximum absolute atomic E-state index is 14.1. The molecule has 164 valence electrons. The highest BCUT2D eigenvalue weighted by Gasteiger charge is 2.26. The summed E-state index contributed by atoms with van der Waals surface area (Å²) in [5.74, 6) is -0.607. The van der Waals surface area contributed by atoms with Crippen LogP contribution in [0.25, 0.3) is 10.2 Å². The first kappa shape index (κ1) is 22.2. The molecule has 0 spiro atoms. The average molecular weight is 463 g/mol. The van der Waals surface area contributed by atoms with Gasteiger partial charge < -0.3 is 4.74 Å². The monoisotopic (exact) mass is 462 g/mol. The zero-order valence-corrected chi connectivity index (χ0v) is 18.9. The minimum atomic E-state index is -0.712. The molecule has 1 fully saturated rings. The number of halogens is 2. The first-order chi connectivity index (χ1) is 15.0. The van der Waals surface area contributed by atoms with E-state index >= 15 is 0 Å². The van der Waals surface area contributed by atoms with Crippen LogP contribution in [0.2, 0.25) is 0 Å². The number of hydrogen-bond donors (Lipinski definition) is 0. The van der Waals surface area contributed by atoms with Crippen LogP contribution in [0.3, 0.4) is 0 Å². The van der Waals surface area contributed by atoms with Crippen molar-refractivity contribution in [1.29, 1.82) is 0 Å². The molecule has 0 N–H and O–H groups in total. The Bertz CT molecular complexity index is 1050. The maximum Gasteiger partial charge on any atom is 0.228 e. The molecule has 1 aromatic heterocycles. The summed E-state index contributed by atoms with van der Waals surface area (Å²) in [6, 6.07) is 10.4. The smallest absolute Gasteiger partial charge is 0.228 e.